The lowest BCUT2D eigenvalue weighted by molar-refractivity contribution is -0.123. The van der Waals surface area contributed by atoms with Crippen molar-refractivity contribution in [3.05, 3.63) is 54.1 Å². The summed E-state index contributed by atoms with van der Waals surface area (Å²) in [7, 11) is -3.30. The summed E-state index contributed by atoms with van der Waals surface area (Å²) >= 11 is 0. The molecule has 8 nitrogen and oxygen atoms in total. The number of hydrogen-bond donors (Lipinski definition) is 3. The molecule has 0 radical (unpaired) electrons. The molecule has 1 unspecified atom stereocenters. The molecule has 2 aromatic rings. The van der Waals surface area contributed by atoms with Gasteiger partial charge in [0.1, 0.15) is 11.5 Å². The molecule has 0 spiro atoms. The molecule has 3 rings (SSSR count). The molecule has 3 N–H and O–H groups in total. The number of benzene rings is 2. The van der Waals surface area contributed by atoms with Gasteiger partial charge >= 0.3 is 0 Å². The number of nitrogens with one attached hydrogen (secondary N) is 3. The van der Waals surface area contributed by atoms with E-state index in [0.717, 1.165) is 83.1 Å². The molecule has 0 aromatic heterocycles. The van der Waals surface area contributed by atoms with E-state index in [4.69, 9.17) is 4.74 Å². The fourth-order valence-electron chi connectivity index (χ4n) is 4.61. The largest absolute Gasteiger partial charge is 0.457 e. The molecule has 39 heavy (non-hydrogen) atoms. The van der Waals surface area contributed by atoms with Crippen LogP contribution in [0.4, 0.5) is 5.69 Å². The molecule has 1 atom stereocenters. The Bertz CT molecular complexity index is 1090. The summed E-state index contributed by atoms with van der Waals surface area (Å²) in [6.45, 7) is 7.96. The van der Waals surface area contributed by atoms with Gasteiger partial charge in [-0.1, -0.05) is 45.2 Å². The third-order valence-corrected chi connectivity index (χ3v) is 7.35. The minimum atomic E-state index is -3.30. The number of halogens is 1. The number of piperidine rings is 1. The van der Waals surface area contributed by atoms with Crippen LogP contribution >= 0.6 is 12.4 Å². The quantitative estimate of drug-likeness (QED) is 0.247. The highest BCUT2D eigenvalue weighted by molar-refractivity contribution is 7.92. The van der Waals surface area contributed by atoms with Gasteiger partial charge in [-0.2, -0.15) is 0 Å². The molecule has 0 bridgehead atoms. The summed E-state index contributed by atoms with van der Waals surface area (Å²) in [5, 5.41) is 6.76. The van der Waals surface area contributed by atoms with Crippen molar-refractivity contribution in [2.24, 2.45) is 0 Å². The Hall–Kier alpha value is -2.33. The molecule has 0 aliphatic carbocycles. The van der Waals surface area contributed by atoms with Gasteiger partial charge in [0.05, 0.1) is 12.3 Å². The number of hydrogen-bond acceptors (Lipinski definition) is 6. The average molecular weight is 581 g/mol. The van der Waals surface area contributed by atoms with Gasteiger partial charge in [0.15, 0.2) is 0 Å². The van der Waals surface area contributed by atoms with Gasteiger partial charge in [-0.15, -0.1) is 12.4 Å². The summed E-state index contributed by atoms with van der Waals surface area (Å²) in [4.78, 5) is 15.2. The highest BCUT2D eigenvalue weighted by atomic mass is 35.5. The molecule has 1 fully saturated rings. The van der Waals surface area contributed by atoms with E-state index in [1.54, 1.807) is 24.3 Å². The van der Waals surface area contributed by atoms with Crippen molar-refractivity contribution in [1.82, 2.24) is 15.5 Å². The van der Waals surface area contributed by atoms with E-state index < -0.39 is 10.0 Å². The summed E-state index contributed by atoms with van der Waals surface area (Å²) in [6, 6.07) is 15.2. The maximum Gasteiger partial charge on any atom is 0.237 e. The lowest BCUT2D eigenvalue weighted by atomic mass is 10.0. The maximum absolute atomic E-state index is 12.7. The van der Waals surface area contributed by atoms with Crippen molar-refractivity contribution in [3.8, 4) is 11.5 Å². The van der Waals surface area contributed by atoms with E-state index >= 15 is 0 Å². The molecule has 10 heteroatoms. The zero-order valence-corrected chi connectivity index (χ0v) is 25.1. The smallest absolute Gasteiger partial charge is 0.237 e. The van der Waals surface area contributed by atoms with Gasteiger partial charge < -0.3 is 15.4 Å². The zero-order chi connectivity index (χ0) is 27.4. The summed E-state index contributed by atoms with van der Waals surface area (Å²) < 4.78 is 31.0. The molecule has 2 aromatic carbocycles. The molecule has 0 saturated carbocycles. The van der Waals surface area contributed by atoms with Crippen LogP contribution in [0.1, 0.15) is 64.4 Å². The van der Waals surface area contributed by atoms with E-state index in [-0.39, 0.29) is 24.4 Å². The first-order chi connectivity index (χ1) is 18.3. The van der Waals surface area contributed by atoms with Crippen LogP contribution in [0.5, 0.6) is 11.5 Å². The highest BCUT2D eigenvalue weighted by Crippen LogP contribution is 2.24. The first-order valence-corrected chi connectivity index (χ1v) is 15.8. The van der Waals surface area contributed by atoms with Crippen LogP contribution < -0.4 is 20.1 Å². The molecule has 1 aliphatic heterocycles. The van der Waals surface area contributed by atoms with Crippen LogP contribution in [-0.2, 0) is 21.4 Å². The molecule has 1 heterocycles. The van der Waals surface area contributed by atoms with E-state index in [2.05, 4.69) is 46.2 Å². The molecule has 1 saturated heterocycles. The number of rotatable bonds is 15. The lowest BCUT2D eigenvalue weighted by Crippen LogP contribution is -2.51. The van der Waals surface area contributed by atoms with Crippen LogP contribution in [0.25, 0.3) is 0 Å². The average Bonchev–Trinajstić information content (AvgIpc) is 2.89. The van der Waals surface area contributed by atoms with Crippen LogP contribution in [-0.4, -0.2) is 57.2 Å². The van der Waals surface area contributed by atoms with Crippen molar-refractivity contribution < 1.29 is 17.9 Å². The van der Waals surface area contributed by atoms with Gasteiger partial charge in [0.25, 0.3) is 0 Å². The molecule has 218 valence electrons. The Kier molecular flexibility index (Phi) is 14.1. The Morgan fingerprint density at radius 3 is 2.13 bits per heavy atom. The number of likely N-dealkylation sites (tertiary alicyclic amines) is 1. The molecule has 1 amide bonds. The van der Waals surface area contributed by atoms with Crippen molar-refractivity contribution in [2.45, 2.75) is 77.4 Å². The predicted octanol–water partition coefficient (Wildman–Crippen LogP) is 5.30. The zero-order valence-electron chi connectivity index (χ0n) is 23.4. The third kappa shape index (κ3) is 12.2. The normalized spacial score (nSPS) is 15.3. The second-order valence-corrected chi connectivity index (χ2v) is 11.9. The van der Waals surface area contributed by atoms with Crippen molar-refractivity contribution in [2.75, 3.05) is 30.6 Å². The Morgan fingerprint density at radius 2 is 1.56 bits per heavy atom. The fraction of sp³-hybridized carbons (Fsp3) is 0.552. The van der Waals surface area contributed by atoms with E-state index in [1.807, 2.05) is 12.1 Å². The number of carbonyl (C=O) groups excluding carboxylic acids is 1. The van der Waals surface area contributed by atoms with Gasteiger partial charge in [0.2, 0.25) is 15.9 Å². The van der Waals surface area contributed by atoms with Crippen LogP contribution in [0.3, 0.4) is 0 Å². The van der Waals surface area contributed by atoms with Crippen LogP contribution in [0, 0.1) is 0 Å². The summed E-state index contributed by atoms with van der Waals surface area (Å²) in [6.07, 6.45) is 8.36. The van der Waals surface area contributed by atoms with Crippen molar-refractivity contribution in [1.29, 1.82) is 0 Å². The maximum atomic E-state index is 12.7. The SMILES string of the molecule is CCCCNC(=O)C(CCCC)NC1CCN(Cc2ccc(Oc3ccc(NS(C)(=O)=O)cc3)cc2)CC1.Cl. The Balaban J connectivity index is 0.00000533. The second-order valence-electron chi connectivity index (χ2n) is 10.2. The topological polar surface area (TPSA) is 99.8 Å². The van der Waals surface area contributed by atoms with Gasteiger partial charge in [-0.25, -0.2) is 8.42 Å². The summed E-state index contributed by atoms with van der Waals surface area (Å²) in [5.41, 5.74) is 1.73. The lowest BCUT2D eigenvalue weighted by Gasteiger charge is -2.34. The minimum Gasteiger partial charge on any atom is -0.457 e. The van der Waals surface area contributed by atoms with E-state index in [1.165, 1.54) is 5.56 Å². The fourth-order valence-corrected chi connectivity index (χ4v) is 5.18. The number of amides is 1. The van der Waals surface area contributed by atoms with Crippen molar-refractivity contribution >= 4 is 34.0 Å². The predicted molar refractivity (Wildman–Crippen MR) is 161 cm³/mol. The van der Waals surface area contributed by atoms with Crippen molar-refractivity contribution in [3.63, 3.8) is 0 Å². The molecular weight excluding hydrogens is 536 g/mol. The first-order valence-electron chi connectivity index (χ1n) is 13.9. The molecular formula is C29H45ClN4O4S. The minimum absolute atomic E-state index is 0. The number of carbonyl (C=O) groups is 1. The van der Waals surface area contributed by atoms with Crippen LogP contribution in [0.15, 0.2) is 48.5 Å². The Labute approximate surface area is 240 Å². The number of ether oxygens (including phenoxy) is 1. The first kappa shape index (κ1) is 32.9. The summed E-state index contributed by atoms with van der Waals surface area (Å²) in [5.74, 6) is 1.52. The standard InChI is InChI=1S/C29H44N4O4S.ClH/c1-4-6-8-28(29(34)30-19-7-5-2)31-24-17-20-33(21-18-24)22-23-9-13-26(14-10-23)37-27-15-11-25(12-16-27)32-38(3,35)36;/h9-16,24,28,31-32H,4-8,17-22H2,1-3H3,(H,30,34);1H. The second kappa shape index (κ2) is 16.7. The number of unbranched alkanes of at least 4 members (excludes halogenated alkanes) is 2. The Morgan fingerprint density at radius 1 is 0.974 bits per heavy atom. The molecule has 1 aliphatic rings. The number of nitrogens with zero attached hydrogens (tertiary/aromatic N) is 1. The van der Waals surface area contributed by atoms with E-state index in [9.17, 15) is 13.2 Å². The van der Waals surface area contributed by atoms with Crippen LogP contribution in [0.2, 0.25) is 0 Å². The van der Waals surface area contributed by atoms with Gasteiger partial charge in [-0.3, -0.25) is 14.4 Å². The van der Waals surface area contributed by atoms with Gasteiger partial charge in [-0.05, 0) is 80.7 Å². The van der Waals surface area contributed by atoms with Gasteiger partial charge in [0, 0.05) is 24.8 Å². The third-order valence-electron chi connectivity index (χ3n) is 6.74. The van der Waals surface area contributed by atoms with E-state index in [0.29, 0.717) is 17.5 Å². The number of sulfonamides is 1. The number of anilines is 1. The monoisotopic (exact) mass is 580 g/mol. The highest BCUT2D eigenvalue weighted by Gasteiger charge is 2.25.